The van der Waals surface area contributed by atoms with E-state index in [1.54, 1.807) is 0 Å². The van der Waals surface area contributed by atoms with Crippen molar-refractivity contribution in [3.63, 3.8) is 0 Å². The Morgan fingerprint density at radius 3 is 2.52 bits per heavy atom. The minimum Gasteiger partial charge on any atom is -0.452 e. The summed E-state index contributed by atoms with van der Waals surface area (Å²) in [5.74, 6) is -4.40. The van der Waals surface area contributed by atoms with Crippen LogP contribution in [0.15, 0.2) is 36.4 Å². The number of nitrogens with zero attached hydrogens (tertiary/aromatic N) is 1. The molecule has 31 heavy (non-hydrogen) atoms. The molecule has 2 aromatic rings. The summed E-state index contributed by atoms with van der Waals surface area (Å²) in [6.07, 6.45) is 0.470. The molecule has 162 valence electrons. The summed E-state index contributed by atoms with van der Waals surface area (Å²) >= 11 is 0. The first-order chi connectivity index (χ1) is 14.8. The summed E-state index contributed by atoms with van der Waals surface area (Å²) in [6.45, 7) is -0.203. The third-order valence-electron chi connectivity index (χ3n) is 4.47. The van der Waals surface area contributed by atoms with Crippen molar-refractivity contribution in [3.05, 3.63) is 64.7 Å². The van der Waals surface area contributed by atoms with Crippen molar-refractivity contribution in [2.45, 2.75) is 6.42 Å². The van der Waals surface area contributed by atoms with Crippen molar-refractivity contribution in [2.24, 2.45) is 0 Å². The van der Waals surface area contributed by atoms with Gasteiger partial charge in [0.2, 0.25) is 0 Å². The molecule has 0 fully saturated rings. The lowest BCUT2D eigenvalue weighted by Crippen LogP contribution is -2.31. The number of carbonyl (C=O) groups is 4. The van der Waals surface area contributed by atoms with Gasteiger partial charge in [0.25, 0.3) is 17.7 Å². The topological polar surface area (TPSA) is 102 Å². The van der Waals surface area contributed by atoms with Crippen LogP contribution >= 0.6 is 0 Å². The number of benzene rings is 2. The van der Waals surface area contributed by atoms with Crippen molar-refractivity contribution < 1.29 is 37.4 Å². The van der Waals surface area contributed by atoms with Crippen LogP contribution in [0.1, 0.15) is 37.5 Å². The van der Waals surface area contributed by atoms with Crippen molar-refractivity contribution >= 4 is 29.4 Å². The Hall–Kier alpha value is -3.66. The summed E-state index contributed by atoms with van der Waals surface area (Å²) in [6, 6.07) is 6.39. The van der Waals surface area contributed by atoms with E-state index in [-0.39, 0.29) is 23.2 Å². The zero-order valence-corrected chi connectivity index (χ0v) is 16.4. The van der Waals surface area contributed by atoms with E-state index in [1.807, 2.05) is 0 Å². The van der Waals surface area contributed by atoms with Crippen LogP contribution in [0.5, 0.6) is 0 Å². The van der Waals surface area contributed by atoms with Gasteiger partial charge in [0.05, 0.1) is 22.4 Å². The number of anilines is 1. The fourth-order valence-electron chi connectivity index (χ4n) is 2.98. The maximum atomic E-state index is 13.6. The third kappa shape index (κ3) is 4.92. The SMILES string of the molecule is COCCCN1C(=O)c2ccc(C(=O)OCC(=O)Nc3cc(F)ccc3F)cc2C1=O. The molecule has 8 nitrogen and oxygen atoms in total. The van der Waals surface area contributed by atoms with Gasteiger partial charge in [-0.15, -0.1) is 0 Å². The molecule has 10 heteroatoms. The van der Waals surface area contributed by atoms with E-state index >= 15 is 0 Å². The Kier molecular flexibility index (Phi) is 6.71. The van der Waals surface area contributed by atoms with Crippen LogP contribution in [-0.4, -0.2) is 55.5 Å². The summed E-state index contributed by atoms with van der Waals surface area (Å²) in [5, 5.41) is 2.10. The molecular formula is C21H18F2N2O6. The molecule has 2 aromatic carbocycles. The van der Waals surface area contributed by atoms with Gasteiger partial charge in [0.15, 0.2) is 6.61 Å². The molecule has 3 amide bonds. The second-order valence-corrected chi connectivity index (χ2v) is 6.62. The van der Waals surface area contributed by atoms with Gasteiger partial charge in [-0.3, -0.25) is 19.3 Å². The normalized spacial score (nSPS) is 12.7. The first-order valence-electron chi connectivity index (χ1n) is 9.23. The number of ether oxygens (including phenoxy) is 2. The van der Waals surface area contributed by atoms with E-state index < -0.39 is 47.6 Å². The Morgan fingerprint density at radius 2 is 1.77 bits per heavy atom. The molecule has 0 saturated carbocycles. The monoisotopic (exact) mass is 432 g/mol. The fraction of sp³-hybridized carbons (Fsp3) is 0.238. The summed E-state index contributed by atoms with van der Waals surface area (Å²) < 4.78 is 36.5. The van der Waals surface area contributed by atoms with Gasteiger partial charge < -0.3 is 14.8 Å². The smallest absolute Gasteiger partial charge is 0.338 e. The molecule has 0 spiro atoms. The largest absolute Gasteiger partial charge is 0.452 e. The van der Waals surface area contributed by atoms with Crippen LogP contribution in [0, 0.1) is 11.6 Å². The Balaban J connectivity index is 1.62. The molecule has 1 N–H and O–H groups in total. The maximum absolute atomic E-state index is 13.6. The number of methoxy groups -OCH3 is 1. The van der Waals surface area contributed by atoms with Crippen molar-refractivity contribution in [3.8, 4) is 0 Å². The van der Waals surface area contributed by atoms with Crippen LogP contribution in [0.3, 0.4) is 0 Å². The van der Waals surface area contributed by atoms with Crippen LogP contribution in [0.4, 0.5) is 14.5 Å². The average Bonchev–Trinajstić information content (AvgIpc) is 2.99. The van der Waals surface area contributed by atoms with Gasteiger partial charge in [-0.05, 0) is 36.8 Å². The quantitative estimate of drug-likeness (QED) is 0.391. The molecule has 0 bridgehead atoms. The zero-order chi connectivity index (χ0) is 22.5. The highest BCUT2D eigenvalue weighted by atomic mass is 19.1. The molecule has 0 atom stereocenters. The highest BCUT2D eigenvalue weighted by Gasteiger charge is 2.35. The molecule has 0 aliphatic carbocycles. The number of amides is 3. The highest BCUT2D eigenvalue weighted by molar-refractivity contribution is 6.22. The van der Waals surface area contributed by atoms with Gasteiger partial charge in [0, 0.05) is 26.3 Å². The number of nitrogens with one attached hydrogen (secondary N) is 1. The Morgan fingerprint density at radius 1 is 1.03 bits per heavy atom. The molecular weight excluding hydrogens is 414 g/mol. The number of hydrogen-bond donors (Lipinski definition) is 1. The summed E-state index contributed by atoms with van der Waals surface area (Å²) in [5.41, 5.74) is -0.207. The maximum Gasteiger partial charge on any atom is 0.338 e. The van der Waals surface area contributed by atoms with E-state index in [9.17, 15) is 28.0 Å². The number of rotatable bonds is 8. The van der Waals surface area contributed by atoms with Gasteiger partial charge in [-0.25, -0.2) is 13.6 Å². The highest BCUT2D eigenvalue weighted by Crippen LogP contribution is 2.24. The Bertz CT molecular complexity index is 1060. The minimum atomic E-state index is -0.921. The summed E-state index contributed by atoms with van der Waals surface area (Å²) in [4.78, 5) is 50.0. The number of imide groups is 1. The van der Waals surface area contributed by atoms with Crippen LogP contribution < -0.4 is 5.32 Å². The van der Waals surface area contributed by atoms with Gasteiger partial charge >= 0.3 is 5.97 Å². The predicted molar refractivity (Wildman–Crippen MR) is 104 cm³/mol. The predicted octanol–water partition coefficient (Wildman–Crippen LogP) is 2.39. The molecule has 1 heterocycles. The standard InChI is InChI=1S/C21H18F2N2O6/c1-30-8-2-7-25-19(27)14-5-3-12(9-15(14)20(25)28)21(29)31-11-18(26)24-17-10-13(22)4-6-16(17)23/h3-6,9-10H,2,7-8,11H2,1H3,(H,24,26). The first-order valence-corrected chi connectivity index (χ1v) is 9.23. The number of fused-ring (bicyclic) bond motifs is 1. The zero-order valence-electron chi connectivity index (χ0n) is 16.4. The van der Waals surface area contributed by atoms with Gasteiger partial charge in [0.1, 0.15) is 11.6 Å². The molecule has 1 aliphatic heterocycles. The van der Waals surface area contributed by atoms with E-state index in [0.29, 0.717) is 13.0 Å². The number of carbonyl (C=O) groups excluding carboxylic acids is 4. The van der Waals surface area contributed by atoms with Gasteiger partial charge in [-0.1, -0.05) is 0 Å². The third-order valence-corrected chi connectivity index (χ3v) is 4.47. The van der Waals surface area contributed by atoms with E-state index in [2.05, 4.69) is 5.32 Å². The summed E-state index contributed by atoms with van der Waals surface area (Å²) in [7, 11) is 1.51. The lowest BCUT2D eigenvalue weighted by molar-refractivity contribution is -0.119. The molecule has 0 radical (unpaired) electrons. The second-order valence-electron chi connectivity index (χ2n) is 6.62. The van der Waals surface area contributed by atoms with Crippen LogP contribution in [0.25, 0.3) is 0 Å². The van der Waals surface area contributed by atoms with Crippen LogP contribution in [-0.2, 0) is 14.3 Å². The minimum absolute atomic E-state index is 0.0385. The van der Waals surface area contributed by atoms with E-state index in [1.165, 1.54) is 25.3 Å². The second kappa shape index (κ2) is 9.43. The number of esters is 1. The lowest BCUT2D eigenvalue weighted by Gasteiger charge is -2.12. The van der Waals surface area contributed by atoms with Crippen molar-refractivity contribution in [2.75, 3.05) is 32.2 Å². The number of halogens is 2. The van der Waals surface area contributed by atoms with E-state index in [4.69, 9.17) is 9.47 Å². The number of hydrogen-bond acceptors (Lipinski definition) is 6. The molecule has 0 unspecified atom stereocenters. The van der Waals surface area contributed by atoms with E-state index in [0.717, 1.165) is 23.1 Å². The van der Waals surface area contributed by atoms with Crippen molar-refractivity contribution in [1.29, 1.82) is 0 Å². The molecule has 0 saturated heterocycles. The molecule has 3 rings (SSSR count). The van der Waals surface area contributed by atoms with Crippen LogP contribution in [0.2, 0.25) is 0 Å². The van der Waals surface area contributed by atoms with Gasteiger partial charge in [-0.2, -0.15) is 0 Å². The first kappa shape index (κ1) is 22.0. The molecule has 0 aromatic heterocycles. The fourth-order valence-corrected chi connectivity index (χ4v) is 2.98. The lowest BCUT2D eigenvalue weighted by atomic mass is 10.1. The average molecular weight is 432 g/mol. The van der Waals surface area contributed by atoms with Crippen molar-refractivity contribution in [1.82, 2.24) is 4.90 Å². The Labute approximate surface area is 175 Å². The molecule has 1 aliphatic rings.